The molecule has 0 aliphatic carbocycles. The molecule has 0 spiro atoms. The van der Waals surface area contributed by atoms with E-state index in [2.05, 4.69) is 16.7 Å². The minimum absolute atomic E-state index is 0.0311. The van der Waals surface area contributed by atoms with E-state index in [-0.39, 0.29) is 12.6 Å². The van der Waals surface area contributed by atoms with Gasteiger partial charge < -0.3 is 15.4 Å². The molecule has 0 bridgehead atoms. The third kappa shape index (κ3) is 3.93. The van der Waals surface area contributed by atoms with E-state index in [4.69, 9.17) is 15.5 Å². The van der Waals surface area contributed by atoms with Crippen LogP contribution in [-0.2, 0) is 20.1 Å². The molecule has 0 unspecified atom stereocenters. The number of methoxy groups -OCH3 is 1. The van der Waals surface area contributed by atoms with Gasteiger partial charge in [-0.25, -0.2) is 4.79 Å². The van der Waals surface area contributed by atoms with Crippen molar-refractivity contribution in [1.29, 1.82) is 0 Å². The molecule has 1 atom stereocenters. The van der Waals surface area contributed by atoms with Crippen LogP contribution in [0.4, 0.5) is 5.95 Å². The number of benzene rings is 2. The summed E-state index contributed by atoms with van der Waals surface area (Å²) >= 11 is 0. The number of fused-ring (bicyclic) bond motifs is 2. The normalized spacial score (nSPS) is 15.8. The highest BCUT2D eigenvalue weighted by molar-refractivity contribution is 5.87. The molecule has 9 heteroatoms. The van der Waals surface area contributed by atoms with Crippen LogP contribution in [-0.4, -0.2) is 44.9 Å². The Morgan fingerprint density at radius 2 is 1.97 bits per heavy atom. The number of hydrogen-bond donors (Lipinski definition) is 1. The number of hydrogen-bond acceptors (Lipinski definition) is 6. The Hall–Kier alpha value is -4.03. The van der Waals surface area contributed by atoms with Crippen LogP contribution in [0.1, 0.15) is 25.3 Å². The zero-order valence-corrected chi connectivity index (χ0v) is 20.8. The Morgan fingerprint density at radius 1 is 1.17 bits per heavy atom. The van der Waals surface area contributed by atoms with E-state index in [1.807, 2.05) is 41.0 Å². The van der Waals surface area contributed by atoms with Crippen LogP contribution >= 0.6 is 0 Å². The van der Waals surface area contributed by atoms with Gasteiger partial charge in [-0.3, -0.25) is 18.5 Å². The Labute approximate surface area is 208 Å². The summed E-state index contributed by atoms with van der Waals surface area (Å²) < 4.78 is 10.1. The van der Waals surface area contributed by atoms with Gasteiger partial charge in [0.05, 0.1) is 20.2 Å². The van der Waals surface area contributed by atoms with Crippen LogP contribution in [0, 0.1) is 11.8 Å². The molecule has 1 aliphatic rings. The number of rotatable bonds is 5. The molecule has 2 aromatic heterocycles. The van der Waals surface area contributed by atoms with Gasteiger partial charge in [-0.05, 0) is 36.6 Å². The number of imidazole rings is 1. The fourth-order valence-corrected chi connectivity index (χ4v) is 5.07. The SMILES string of the molecule is CC#CCn1c(N2CCC[C@@H](N)C2)nc2c1c(=O)n(Cc1c(OC)ccc3ccccc13)c(=O)n2C. The highest BCUT2D eigenvalue weighted by Gasteiger charge is 2.26. The Morgan fingerprint density at radius 3 is 2.72 bits per heavy atom. The van der Waals surface area contributed by atoms with Gasteiger partial charge in [0.25, 0.3) is 5.56 Å². The highest BCUT2D eigenvalue weighted by atomic mass is 16.5. The summed E-state index contributed by atoms with van der Waals surface area (Å²) in [5, 5.41) is 1.94. The smallest absolute Gasteiger partial charge is 0.332 e. The third-order valence-corrected chi connectivity index (χ3v) is 6.90. The first-order valence-electron chi connectivity index (χ1n) is 12.1. The summed E-state index contributed by atoms with van der Waals surface area (Å²) in [4.78, 5) is 34.3. The Balaban J connectivity index is 1.74. The lowest BCUT2D eigenvalue weighted by Gasteiger charge is -2.31. The van der Waals surface area contributed by atoms with Crippen molar-refractivity contribution in [1.82, 2.24) is 18.7 Å². The molecular weight excluding hydrogens is 456 g/mol. The van der Waals surface area contributed by atoms with Crippen molar-refractivity contribution in [3.05, 3.63) is 62.8 Å². The van der Waals surface area contributed by atoms with E-state index >= 15 is 0 Å². The fourth-order valence-electron chi connectivity index (χ4n) is 5.07. The van der Waals surface area contributed by atoms with Crippen molar-refractivity contribution in [2.45, 2.75) is 38.9 Å². The molecule has 3 heterocycles. The van der Waals surface area contributed by atoms with E-state index in [0.717, 1.165) is 35.7 Å². The maximum absolute atomic E-state index is 13.9. The zero-order chi connectivity index (χ0) is 25.4. The molecule has 0 saturated carbocycles. The quantitative estimate of drug-likeness (QED) is 0.434. The molecule has 1 saturated heterocycles. The predicted octanol–water partition coefficient (Wildman–Crippen LogP) is 2.06. The summed E-state index contributed by atoms with van der Waals surface area (Å²) in [6.07, 6.45) is 1.89. The molecule has 0 amide bonds. The minimum atomic E-state index is -0.435. The van der Waals surface area contributed by atoms with Crippen molar-refractivity contribution in [3.8, 4) is 17.6 Å². The largest absolute Gasteiger partial charge is 0.496 e. The van der Waals surface area contributed by atoms with Gasteiger partial charge in [0.1, 0.15) is 5.75 Å². The van der Waals surface area contributed by atoms with Crippen LogP contribution in [0.15, 0.2) is 46.0 Å². The first-order chi connectivity index (χ1) is 17.4. The first-order valence-corrected chi connectivity index (χ1v) is 12.1. The second kappa shape index (κ2) is 9.55. The van der Waals surface area contributed by atoms with Gasteiger partial charge in [-0.1, -0.05) is 36.3 Å². The van der Waals surface area contributed by atoms with Crippen LogP contribution < -0.4 is 26.6 Å². The second-order valence-corrected chi connectivity index (χ2v) is 9.15. The lowest BCUT2D eigenvalue weighted by atomic mass is 10.0. The number of anilines is 1. The Kier molecular flexibility index (Phi) is 6.29. The minimum Gasteiger partial charge on any atom is -0.496 e. The zero-order valence-electron chi connectivity index (χ0n) is 20.8. The molecular formula is C27H30N6O3. The van der Waals surface area contributed by atoms with Crippen LogP contribution in [0.25, 0.3) is 21.9 Å². The molecule has 2 N–H and O–H groups in total. The van der Waals surface area contributed by atoms with Crippen molar-refractivity contribution < 1.29 is 4.74 Å². The number of aromatic nitrogens is 4. The summed E-state index contributed by atoms with van der Waals surface area (Å²) in [5.41, 5.74) is 6.87. The summed E-state index contributed by atoms with van der Waals surface area (Å²) in [6.45, 7) is 3.54. The highest BCUT2D eigenvalue weighted by Crippen LogP contribution is 2.29. The van der Waals surface area contributed by atoms with Gasteiger partial charge >= 0.3 is 5.69 Å². The second-order valence-electron chi connectivity index (χ2n) is 9.15. The lowest BCUT2D eigenvalue weighted by molar-refractivity contribution is 0.408. The lowest BCUT2D eigenvalue weighted by Crippen LogP contribution is -2.44. The number of nitrogens with two attached hydrogens (primary N) is 1. The first kappa shape index (κ1) is 23.7. The molecule has 9 nitrogen and oxygen atoms in total. The van der Waals surface area contributed by atoms with E-state index in [0.29, 0.717) is 36.0 Å². The number of ether oxygens (including phenoxy) is 1. The fraction of sp³-hybridized carbons (Fsp3) is 0.370. The maximum atomic E-state index is 13.9. The molecule has 2 aromatic carbocycles. The van der Waals surface area contributed by atoms with Gasteiger partial charge in [0.15, 0.2) is 11.2 Å². The van der Waals surface area contributed by atoms with Crippen molar-refractivity contribution >= 4 is 27.9 Å². The molecule has 0 radical (unpaired) electrons. The topological polar surface area (TPSA) is 100 Å². The molecule has 36 heavy (non-hydrogen) atoms. The molecule has 186 valence electrons. The summed E-state index contributed by atoms with van der Waals surface area (Å²) in [5.74, 6) is 7.22. The maximum Gasteiger partial charge on any atom is 0.332 e. The molecule has 5 rings (SSSR count). The molecule has 4 aromatic rings. The number of aryl methyl sites for hydroxylation is 1. The van der Waals surface area contributed by atoms with Gasteiger partial charge in [0, 0.05) is 31.7 Å². The van der Waals surface area contributed by atoms with Crippen molar-refractivity contribution in [2.75, 3.05) is 25.1 Å². The van der Waals surface area contributed by atoms with Crippen LogP contribution in [0.3, 0.4) is 0 Å². The van der Waals surface area contributed by atoms with Crippen molar-refractivity contribution in [2.24, 2.45) is 12.8 Å². The van der Waals surface area contributed by atoms with Crippen LogP contribution in [0.5, 0.6) is 5.75 Å². The van der Waals surface area contributed by atoms with Crippen LogP contribution in [0.2, 0.25) is 0 Å². The van der Waals surface area contributed by atoms with Gasteiger partial charge in [0.2, 0.25) is 5.95 Å². The van der Waals surface area contributed by atoms with E-state index in [1.54, 1.807) is 21.1 Å². The monoisotopic (exact) mass is 486 g/mol. The van der Waals surface area contributed by atoms with E-state index in [1.165, 1.54) is 9.13 Å². The van der Waals surface area contributed by atoms with E-state index < -0.39 is 11.2 Å². The van der Waals surface area contributed by atoms with Crippen molar-refractivity contribution in [3.63, 3.8) is 0 Å². The van der Waals surface area contributed by atoms with E-state index in [9.17, 15) is 9.59 Å². The number of piperidine rings is 1. The predicted molar refractivity (Wildman–Crippen MR) is 142 cm³/mol. The van der Waals surface area contributed by atoms with Gasteiger partial charge in [-0.2, -0.15) is 4.98 Å². The summed E-state index contributed by atoms with van der Waals surface area (Å²) in [7, 11) is 3.24. The summed E-state index contributed by atoms with van der Waals surface area (Å²) in [6, 6.07) is 11.7. The van der Waals surface area contributed by atoms with Gasteiger partial charge in [-0.15, -0.1) is 5.92 Å². The molecule has 1 fully saturated rings. The average Bonchev–Trinajstić information content (AvgIpc) is 3.28. The molecule has 1 aliphatic heterocycles. The third-order valence-electron chi connectivity index (χ3n) is 6.90. The Bertz CT molecular complexity index is 1640. The number of nitrogens with zero attached hydrogens (tertiary/aromatic N) is 5. The standard InChI is InChI=1S/C27H30N6O3/c1-4-5-15-32-23-24(29-26(32)31-14-8-10-19(28)16-31)30(2)27(35)33(25(23)34)17-21-20-11-7-6-9-18(20)12-13-22(21)36-3/h6-7,9,11-13,19H,8,10,14-17,28H2,1-3H3/t19-/m1/s1. The average molecular weight is 487 g/mol.